The number of thiophene rings is 1. The summed E-state index contributed by atoms with van der Waals surface area (Å²) in [4.78, 5) is 5.60. The van der Waals surface area contributed by atoms with Crippen LogP contribution >= 0.6 is 27.3 Å². The zero-order valence-corrected chi connectivity index (χ0v) is 14.8. The third-order valence-corrected chi connectivity index (χ3v) is 4.74. The summed E-state index contributed by atoms with van der Waals surface area (Å²) in [5, 5.41) is 9.99. The summed E-state index contributed by atoms with van der Waals surface area (Å²) in [6, 6.07) is 7.95. The van der Waals surface area contributed by atoms with Crippen molar-refractivity contribution in [3.8, 4) is 11.8 Å². The molecule has 0 N–H and O–H groups in total. The summed E-state index contributed by atoms with van der Waals surface area (Å²) in [5.74, 6) is 0.732. The Hall–Kier alpha value is -1.90. The van der Waals surface area contributed by atoms with E-state index in [4.69, 9.17) is 4.74 Å². The lowest BCUT2D eigenvalue weighted by Crippen LogP contribution is -1.96. The molecule has 0 saturated carbocycles. The average molecular weight is 375 g/mol. The molecular formula is C17H15BrN2OS. The van der Waals surface area contributed by atoms with Crippen LogP contribution in [-0.2, 0) is 0 Å². The highest BCUT2D eigenvalue weighted by Crippen LogP contribution is 2.34. The van der Waals surface area contributed by atoms with Crippen molar-refractivity contribution < 1.29 is 4.74 Å². The van der Waals surface area contributed by atoms with E-state index in [9.17, 15) is 5.26 Å². The van der Waals surface area contributed by atoms with Crippen LogP contribution in [0.3, 0.4) is 0 Å². The number of halogens is 1. The van der Waals surface area contributed by atoms with Crippen LogP contribution in [0.4, 0.5) is 5.00 Å². The van der Waals surface area contributed by atoms with Gasteiger partial charge in [-0.05, 0) is 37.6 Å². The molecule has 0 unspecified atom stereocenters. The second-order valence-electron chi connectivity index (χ2n) is 4.62. The zero-order valence-electron chi connectivity index (χ0n) is 12.4. The Morgan fingerprint density at radius 2 is 2.23 bits per heavy atom. The van der Waals surface area contributed by atoms with E-state index in [1.807, 2.05) is 32.0 Å². The van der Waals surface area contributed by atoms with Gasteiger partial charge in [0.1, 0.15) is 23.4 Å². The molecule has 112 valence electrons. The number of aliphatic imine (C=N–C) groups is 1. The third-order valence-electron chi connectivity index (χ3n) is 3.13. The minimum atomic E-state index is 0.434. The number of ether oxygens (including phenoxy) is 1. The Bertz CT molecular complexity index is 772. The van der Waals surface area contributed by atoms with Crippen LogP contribution in [0, 0.1) is 25.2 Å². The molecule has 0 saturated heterocycles. The maximum atomic E-state index is 9.26. The second kappa shape index (κ2) is 7.39. The van der Waals surface area contributed by atoms with Crippen molar-refractivity contribution in [3.63, 3.8) is 0 Å². The molecule has 3 nitrogen and oxygen atoms in total. The maximum absolute atomic E-state index is 9.26. The molecule has 0 spiro atoms. The van der Waals surface area contributed by atoms with Crippen molar-refractivity contribution in [2.24, 2.45) is 4.99 Å². The largest absolute Gasteiger partial charge is 0.489 e. The molecule has 0 aliphatic heterocycles. The summed E-state index contributed by atoms with van der Waals surface area (Å²) in [7, 11) is 0. The fourth-order valence-electron chi connectivity index (χ4n) is 1.86. The fraction of sp³-hybridized carbons (Fsp3) is 0.176. The van der Waals surface area contributed by atoms with E-state index >= 15 is 0 Å². The molecule has 1 aromatic carbocycles. The quantitative estimate of drug-likeness (QED) is 0.525. The standard InChI is InChI=1S/C17H15BrN2OS/c1-4-7-21-16-6-5-14(18)8-13(16)10-20-17-15(9-19)11(2)12(3)22-17/h4-6,8,10H,1,7H2,2-3H3. The normalized spacial score (nSPS) is 10.6. The fourth-order valence-corrected chi connectivity index (χ4v) is 3.19. The molecular weight excluding hydrogens is 360 g/mol. The monoisotopic (exact) mass is 374 g/mol. The van der Waals surface area contributed by atoms with Gasteiger partial charge < -0.3 is 4.74 Å². The van der Waals surface area contributed by atoms with E-state index < -0.39 is 0 Å². The molecule has 5 heteroatoms. The molecule has 0 atom stereocenters. The molecule has 0 bridgehead atoms. The third kappa shape index (κ3) is 3.65. The molecule has 1 aromatic heterocycles. The first-order valence-corrected chi connectivity index (χ1v) is 8.25. The smallest absolute Gasteiger partial charge is 0.134 e. The van der Waals surface area contributed by atoms with Crippen LogP contribution in [0.15, 0.2) is 40.3 Å². The van der Waals surface area contributed by atoms with Gasteiger partial charge >= 0.3 is 0 Å². The van der Waals surface area contributed by atoms with Crippen LogP contribution < -0.4 is 4.74 Å². The molecule has 22 heavy (non-hydrogen) atoms. The van der Waals surface area contributed by atoms with Crippen LogP contribution in [0.25, 0.3) is 0 Å². The van der Waals surface area contributed by atoms with Gasteiger partial charge in [0.25, 0.3) is 0 Å². The number of hydrogen-bond acceptors (Lipinski definition) is 4. The summed E-state index contributed by atoms with van der Waals surface area (Å²) >= 11 is 4.97. The van der Waals surface area contributed by atoms with Crippen molar-refractivity contribution in [2.75, 3.05) is 6.61 Å². The number of nitrogens with zero attached hydrogens (tertiary/aromatic N) is 2. The van der Waals surface area contributed by atoms with Gasteiger partial charge in [0.15, 0.2) is 0 Å². The number of benzene rings is 1. The maximum Gasteiger partial charge on any atom is 0.134 e. The average Bonchev–Trinajstić information content (AvgIpc) is 2.78. The minimum Gasteiger partial charge on any atom is -0.489 e. The van der Waals surface area contributed by atoms with Crippen LogP contribution in [0.1, 0.15) is 21.6 Å². The molecule has 1 heterocycles. The molecule has 0 aliphatic rings. The predicted molar refractivity (Wildman–Crippen MR) is 95.6 cm³/mol. The zero-order chi connectivity index (χ0) is 16.1. The van der Waals surface area contributed by atoms with Gasteiger partial charge in [-0.3, -0.25) is 0 Å². The molecule has 2 aromatic rings. The highest BCUT2D eigenvalue weighted by atomic mass is 79.9. The van der Waals surface area contributed by atoms with Crippen molar-refractivity contribution >= 4 is 38.5 Å². The highest BCUT2D eigenvalue weighted by molar-refractivity contribution is 9.10. The number of nitriles is 1. The first-order valence-electron chi connectivity index (χ1n) is 6.64. The summed E-state index contributed by atoms with van der Waals surface area (Å²) < 4.78 is 6.57. The lowest BCUT2D eigenvalue weighted by Gasteiger charge is -2.07. The van der Waals surface area contributed by atoms with Crippen LogP contribution in [-0.4, -0.2) is 12.8 Å². The Balaban J connectivity index is 2.38. The van der Waals surface area contributed by atoms with Gasteiger partial charge in [-0.2, -0.15) is 5.26 Å². The molecule has 0 radical (unpaired) electrons. The Morgan fingerprint density at radius 1 is 1.45 bits per heavy atom. The SMILES string of the molecule is C=CCOc1ccc(Br)cc1C=Nc1sc(C)c(C)c1C#N. The van der Waals surface area contributed by atoms with E-state index in [1.54, 1.807) is 12.3 Å². The number of aryl methyl sites for hydroxylation is 1. The van der Waals surface area contributed by atoms with E-state index in [-0.39, 0.29) is 0 Å². The van der Waals surface area contributed by atoms with Gasteiger partial charge in [-0.1, -0.05) is 28.6 Å². The van der Waals surface area contributed by atoms with Crippen molar-refractivity contribution in [2.45, 2.75) is 13.8 Å². The first-order chi connectivity index (χ1) is 10.6. The van der Waals surface area contributed by atoms with E-state index in [0.717, 1.165) is 31.2 Å². The highest BCUT2D eigenvalue weighted by Gasteiger charge is 2.11. The summed E-state index contributed by atoms with van der Waals surface area (Å²) in [6.07, 6.45) is 3.43. The van der Waals surface area contributed by atoms with E-state index in [0.29, 0.717) is 12.2 Å². The van der Waals surface area contributed by atoms with Gasteiger partial charge in [0.2, 0.25) is 0 Å². The topological polar surface area (TPSA) is 45.4 Å². The van der Waals surface area contributed by atoms with E-state index in [1.165, 1.54) is 11.3 Å². The molecule has 2 rings (SSSR count). The summed E-state index contributed by atoms with van der Waals surface area (Å²) in [5.41, 5.74) is 2.49. The Kier molecular flexibility index (Phi) is 5.53. The van der Waals surface area contributed by atoms with Gasteiger partial charge in [-0.25, -0.2) is 4.99 Å². The van der Waals surface area contributed by atoms with Crippen molar-refractivity contribution in [3.05, 3.63) is 56.9 Å². The lowest BCUT2D eigenvalue weighted by atomic mass is 10.2. The van der Waals surface area contributed by atoms with Gasteiger partial charge in [0, 0.05) is 21.1 Å². The van der Waals surface area contributed by atoms with Gasteiger partial charge in [0.05, 0.1) is 5.56 Å². The molecule has 0 amide bonds. The number of hydrogen-bond donors (Lipinski definition) is 0. The lowest BCUT2D eigenvalue weighted by molar-refractivity contribution is 0.362. The molecule has 0 aliphatic carbocycles. The Morgan fingerprint density at radius 3 is 2.91 bits per heavy atom. The Labute approximate surface area is 142 Å². The second-order valence-corrected chi connectivity index (χ2v) is 6.73. The summed E-state index contributed by atoms with van der Waals surface area (Å²) in [6.45, 7) is 8.03. The van der Waals surface area contributed by atoms with Gasteiger partial charge in [-0.15, -0.1) is 11.3 Å². The van der Waals surface area contributed by atoms with Crippen molar-refractivity contribution in [1.29, 1.82) is 5.26 Å². The van der Waals surface area contributed by atoms with Crippen molar-refractivity contribution in [1.82, 2.24) is 0 Å². The molecule has 0 fully saturated rings. The van der Waals surface area contributed by atoms with E-state index in [2.05, 4.69) is 33.6 Å². The first kappa shape index (κ1) is 16.5. The van der Waals surface area contributed by atoms with Crippen LogP contribution in [0.2, 0.25) is 0 Å². The van der Waals surface area contributed by atoms with Crippen LogP contribution in [0.5, 0.6) is 5.75 Å². The number of rotatable bonds is 5. The predicted octanol–water partition coefficient (Wildman–Crippen LogP) is 5.31. The minimum absolute atomic E-state index is 0.434.